The first-order valence-electron chi connectivity index (χ1n) is 9.01. The lowest BCUT2D eigenvalue weighted by Crippen LogP contribution is -2.63. The van der Waals surface area contributed by atoms with Crippen LogP contribution in [0.2, 0.25) is 0 Å². The van der Waals surface area contributed by atoms with Crippen LogP contribution >= 0.6 is 0 Å². The van der Waals surface area contributed by atoms with Gasteiger partial charge < -0.3 is 10.2 Å². The van der Waals surface area contributed by atoms with Crippen molar-refractivity contribution in [1.82, 2.24) is 10.2 Å². The molecule has 2 heteroatoms. The maximum absolute atomic E-state index is 3.92. The predicted octanol–water partition coefficient (Wildman–Crippen LogP) is 4.06. The van der Waals surface area contributed by atoms with Crippen LogP contribution in [-0.4, -0.2) is 37.1 Å². The zero-order chi connectivity index (χ0) is 14.6. The van der Waals surface area contributed by atoms with E-state index < -0.39 is 0 Å². The van der Waals surface area contributed by atoms with Gasteiger partial charge in [0.05, 0.1) is 0 Å². The third kappa shape index (κ3) is 3.39. The maximum Gasteiger partial charge on any atom is 0.0359 e. The van der Waals surface area contributed by atoms with Crippen molar-refractivity contribution in [2.75, 3.05) is 20.6 Å². The fraction of sp³-hybridized carbons (Fsp3) is 1.00. The Kier molecular flexibility index (Phi) is 5.92. The fourth-order valence-corrected chi connectivity index (χ4v) is 5.00. The number of rotatable bonds is 5. The highest BCUT2D eigenvalue weighted by Gasteiger charge is 2.45. The highest BCUT2D eigenvalue weighted by atomic mass is 15.2. The van der Waals surface area contributed by atoms with E-state index >= 15 is 0 Å². The maximum atomic E-state index is 3.92. The molecule has 0 aliphatic heterocycles. The molecule has 0 amide bonds. The van der Waals surface area contributed by atoms with E-state index in [0.29, 0.717) is 11.6 Å². The van der Waals surface area contributed by atoms with Crippen molar-refractivity contribution in [3.8, 4) is 0 Å². The number of hydrogen-bond acceptors (Lipinski definition) is 2. The van der Waals surface area contributed by atoms with Gasteiger partial charge in [-0.25, -0.2) is 0 Å². The monoisotopic (exact) mass is 280 g/mol. The van der Waals surface area contributed by atoms with Gasteiger partial charge in [-0.2, -0.15) is 0 Å². The molecule has 0 spiro atoms. The lowest BCUT2D eigenvalue weighted by Gasteiger charge is -2.52. The Morgan fingerprint density at radius 2 is 1.80 bits per heavy atom. The summed E-state index contributed by atoms with van der Waals surface area (Å²) >= 11 is 0. The van der Waals surface area contributed by atoms with Crippen LogP contribution in [0.1, 0.15) is 71.6 Å². The molecular weight excluding hydrogens is 244 g/mol. The molecule has 1 N–H and O–H groups in total. The molecule has 2 nitrogen and oxygen atoms in total. The van der Waals surface area contributed by atoms with Gasteiger partial charge in [0.1, 0.15) is 0 Å². The standard InChI is InChI=1S/C18H36N2/c1-5-19-17(16-11-9-10-15(2)14-16)18(20(3)4)12-7-6-8-13-18/h15-17,19H,5-14H2,1-4H3. The average Bonchev–Trinajstić information content (AvgIpc) is 2.45. The van der Waals surface area contributed by atoms with E-state index in [1.807, 2.05) is 0 Å². The molecule has 0 radical (unpaired) electrons. The van der Waals surface area contributed by atoms with Gasteiger partial charge in [0, 0.05) is 11.6 Å². The Balaban J connectivity index is 2.19. The number of likely N-dealkylation sites (N-methyl/N-ethyl adjacent to an activating group) is 2. The second kappa shape index (κ2) is 7.26. The molecular formula is C18H36N2. The first kappa shape index (κ1) is 16.3. The average molecular weight is 280 g/mol. The lowest BCUT2D eigenvalue weighted by molar-refractivity contribution is 0.0197. The van der Waals surface area contributed by atoms with Crippen LogP contribution in [-0.2, 0) is 0 Å². The minimum atomic E-state index is 0.413. The highest BCUT2D eigenvalue weighted by Crippen LogP contribution is 2.42. The molecule has 0 heterocycles. The summed E-state index contributed by atoms with van der Waals surface area (Å²) in [5.41, 5.74) is 0.413. The Bertz CT molecular complexity index is 281. The molecule has 3 atom stereocenters. The van der Waals surface area contributed by atoms with Crippen molar-refractivity contribution in [2.45, 2.75) is 83.2 Å². The first-order chi connectivity index (χ1) is 9.60. The van der Waals surface area contributed by atoms with Crippen molar-refractivity contribution < 1.29 is 0 Å². The largest absolute Gasteiger partial charge is 0.312 e. The normalized spacial score (nSPS) is 32.2. The van der Waals surface area contributed by atoms with Gasteiger partial charge in [0.25, 0.3) is 0 Å². The Morgan fingerprint density at radius 1 is 1.10 bits per heavy atom. The lowest BCUT2D eigenvalue weighted by atomic mass is 9.66. The molecule has 0 saturated heterocycles. The summed E-state index contributed by atoms with van der Waals surface area (Å²) in [4.78, 5) is 2.57. The van der Waals surface area contributed by atoms with Crippen molar-refractivity contribution in [2.24, 2.45) is 11.8 Å². The molecule has 3 unspecified atom stereocenters. The summed E-state index contributed by atoms with van der Waals surface area (Å²) in [6, 6.07) is 0.700. The zero-order valence-electron chi connectivity index (χ0n) is 14.3. The summed E-state index contributed by atoms with van der Waals surface area (Å²) < 4.78 is 0. The van der Waals surface area contributed by atoms with Gasteiger partial charge in [-0.05, 0) is 58.2 Å². The topological polar surface area (TPSA) is 15.3 Å². The van der Waals surface area contributed by atoms with Gasteiger partial charge in [0.15, 0.2) is 0 Å². The van der Waals surface area contributed by atoms with Gasteiger partial charge in [-0.1, -0.05) is 46.0 Å². The highest BCUT2D eigenvalue weighted by molar-refractivity contribution is 5.03. The Morgan fingerprint density at radius 3 is 2.35 bits per heavy atom. The van der Waals surface area contributed by atoms with E-state index in [-0.39, 0.29) is 0 Å². The Hall–Kier alpha value is -0.0800. The van der Waals surface area contributed by atoms with Crippen LogP contribution in [0.25, 0.3) is 0 Å². The molecule has 0 aromatic carbocycles. The predicted molar refractivity (Wildman–Crippen MR) is 88.1 cm³/mol. The first-order valence-corrected chi connectivity index (χ1v) is 9.01. The van der Waals surface area contributed by atoms with Crippen LogP contribution < -0.4 is 5.32 Å². The summed E-state index contributed by atoms with van der Waals surface area (Å²) in [6.07, 6.45) is 12.8. The minimum Gasteiger partial charge on any atom is -0.312 e. The summed E-state index contributed by atoms with van der Waals surface area (Å²) in [5, 5.41) is 3.92. The van der Waals surface area contributed by atoms with Crippen molar-refractivity contribution in [3.05, 3.63) is 0 Å². The van der Waals surface area contributed by atoms with Crippen LogP contribution in [0.5, 0.6) is 0 Å². The summed E-state index contributed by atoms with van der Waals surface area (Å²) in [7, 11) is 4.64. The van der Waals surface area contributed by atoms with Crippen molar-refractivity contribution >= 4 is 0 Å². The second-order valence-corrected chi connectivity index (χ2v) is 7.63. The zero-order valence-corrected chi connectivity index (χ0v) is 14.3. The summed E-state index contributed by atoms with van der Waals surface area (Å²) in [5.74, 6) is 1.82. The van der Waals surface area contributed by atoms with E-state index in [2.05, 4.69) is 38.2 Å². The molecule has 2 saturated carbocycles. The third-order valence-electron chi connectivity index (χ3n) is 6.06. The SMILES string of the molecule is CCNC(C1CCCC(C)C1)C1(N(C)C)CCCCC1. The number of nitrogens with zero attached hydrogens (tertiary/aromatic N) is 1. The number of hydrogen-bond donors (Lipinski definition) is 1. The van der Waals surface area contributed by atoms with Crippen LogP contribution in [0.4, 0.5) is 0 Å². The van der Waals surface area contributed by atoms with Gasteiger partial charge in [0.2, 0.25) is 0 Å². The van der Waals surface area contributed by atoms with E-state index in [1.54, 1.807) is 0 Å². The minimum absolute atomic E-state index is 0.413. The molecule has 2 rings (SSSR count). The quantitative estimate of drug-likeness (QED) is 0.817. The van der Waals surface area contributed by atoms with Crippen LogP contribution in [0, 0.1) is 11.8 Å². The van der Waals surface area contributed by atoms with E-state index in [1.165, 1.54) is 57.8 Å². The molecule has 2 aliphatic rings. The number of nitrogens with one attached hydrogen (secondary N) is 1. The van der Waals surface area contributed by atoms with E-state index in [0.717, 1.165) is 18.4 Å². The molecule has 2 aliphatic carbocycles. The molecule has 0 aromatic heterocycles. The van der Waals surface area contributed by atoms with Crippen molar-refractivity contribution in [1.29, 1.82) is 0 Å². The molecule has 0 bridgehead atoms. The summed E-state index contributed by atoms with van der Waals surface area (Å²) in [6.45, 7) is 5.86. The third-order valence-corrected chi connectivity index (χ3v) is 6.06. The van der Waals surface area contributed by atoms with Crippen LogP contribution in [0.3, 0.4) is 0 Å². The molecule has 118 valence electrons. The smallest absolute Gasteiger partial charge is 0.0359 e. The molecule has 0 aromatic rings. The van der Waals surface area contributed by atoms with Crippen LogP contribution in [0.15, 0.2) is 0 Å². The van der Waals surface area contributed by atoms with Gasteiger partial charge >= 0.3 is 0 Å². The molecule has 20 heavy (non-hydrogen) atoms. The fourth-order valence-electron chi connectivity index (χ4n) is 5.00. The Labute approximate surface area is 126 Å². The second-order valence-electron chi connectivity index (χ2n) is 7.63. The van der Waals surface area contributed by atoms with Crippen molar-refractivity contribution in [3.63, 3.8) is 0 Å². The van der Waals surface area contributed by atoms with E-state index in [4.69, 9.17) is 0 Å². The van der Waals surface area contributed by atoms with Gasteiger partial charge in [-0.3, -0.25) is 0 Å². The van der Waals surface area contributed by atoms with Gasteiger partial charge in [-0.15, -0.1) is 0 Å². The molecule has 2 fully saturated rings. The van der Waals surface area contributed by atoms with E-state index in [9.17, 15) is 0 Å².